The number of amides is 1. The first kappa shape index (κ1) is 15.7. The lowest BCUT2D eigenvalue weighted by Crippen LogP contribution is -2.18. The molecule has 112 valence electrons. The molecule has 21 heavy (non-hydrogen) atoms. The van der Waals surface area contributed by atoms with Gasteiger partial charge in [0.1, 0.15) is 0 Å². The summed E-state index contributed by atoms with van der Waals surface area (Å²) in [6, 6.07) is 10.5. The Hall–Kier alpha value is -1.65. The maximum absolute atomic E-state index is 11.0. The SMILES string of the molecule is CC(=O)Nc1ccc(CN[C@H](C)c2cc(C)sc2C)cc1. The van der Waals surface area contributed by atoms with Crippen molar-refractivity contribution in [3.8, 4) is 0 Å². The lowest BCUT2D eigenvalue weighted by molar-refractivity contribution is -0.114. The largest absolute Gasteiger partial charge is 0.326 e. The van der Waals surface area contributed by atoms with Gasteiger partial charge in [-0.1, -0.05) is 12.1 Å². The van der Waals surface area contributed by atoms with Crippen molar-refractivity contribution in [3.05, 3.63) is 51.2 Å². The van der Waals surface area contributed by atoms with Crippen molar-refractivity contribution >= 4 is 22.9 Å². The van der Waals surface area contributed by atoms with Gasteiger partial charge in [0.15, 0.2) is 0 Å². The Morgan fingerprint density at radius 3 is 2.43 bits per heavy atom. The van der Waals surface area contributed by atoms with Crippen LogP contribution >= 0.6 is 11.3 Å². The number of anilines is 1. The Kier molecular flexibility index (Phi) is 5.15. The van der Waals surface area contributed by atoms with Gasteiger partial charge in [-0.05, 0) is 50.1 Å². The van der Waals surface area contributed by atoms with E-state index >= 15 is 0 Å². The second kappa shape index (κ2) is 6.87. The molecule has 2 N–H and O–H groups in total. The number of carbonyl (C=O) groups is 1. The van der Waals surface area contributed by atoms with E-state index in [-0.39, 0.29) is 5.91 Å². The first-order valence-corrected chi connectivity index (χ1v) is 7.94. The molecule has 0 saturated carbocycles. The number of rotatable bonds is 5. The smallest absolute Gasteiger partial charge is 0.221 e. The molecule has 0 saturated heterocycles. The summed E-state index contributed by atoms with van der Waals surface area (Å²) in [6.45, 7) is 8.85. The van der Waals surface area contributed by atoms with E-state index < -0.39 is 0 Å². The molecule has 0 radical (unpaired) electrons. The quantitative estimate of drug-likeness (QED) is 0.870. The lowest BCUT2D eigenvalue weighted by Gasteiger charge is -2.14. The zero-order chi connectivity index (χ0) is 15.4. The van der Waals surface area contributed by atoms with Gasteiger partial charge in [0, 0.05) is 35.0 Å². The molecular formula is C17H22N2OS. The number of aryl methyl sites for hydroxylation is 2. The minimum atomic E-state index is -0.0437. The van der Waals surface area contributed by atoms with Crippen molar-refractivity contribution in [2.75, 3.05) is 5.32 Å². The summed E-state index contributed by atoms with van der Waals surface area (Å²) in [5, 5.41) is 6.32. The Morgan fingerprint density at radius 1 is 1.24 bits per heavy atom. The number of nitrogens with one attached hydrogen (secondary N) is 2. The molecule has 1 amide bonds. The van der Waals surface area contributed by atoms with Crippen molar-refractivity contribution in [3.63, 3.8) is 0 Å². The third-order valence-corrected chi connectivity index (χ3v) is 4.41. The summed E-state index contributed by atoms with van der Waals surface area (Å²) in [7, 11) is 0. The zero-order valence-corrected chi connectivity index (χ0v) is 13.8. The standard InChI is InChI=1S/C17H22N2OS/c1-11-9-17(13(3)21-11)12(2)18-10-15-5-7-16(8-6-15)19-14(4)20/h5-9,12,18H,10H2,1-4H3,(H,19,20)/t12-/m1/s1. The Balaban J connectivity index is 1.93. The Labute approximate surface area is 130 Å². The third kappa shape index (κ3) is 4.41. The molecule has 0 bridgehead atoms. The van der Waals surface area contributed by atoms with Crippen LogP contribution in [0.2, 0.25) is 0 Å². The Morgan fingerprint density at radius 2 is 1.90 bits per heavy atom. The molecule has 0 aliphatic carbocycles. The number of thiophene rings is 1. The molecule has 1 aromatic carbocycles. The summed E-state index contributed by atoms with van der Waals surface area (Å²) < 4.78 is 0. The van der Waals surface area contributed by atoms with E-state index in [2.05, 4.69) is 37.5 Å². The van der Waals surface area contributed by atoms with Gasteiger partial charge in [0.25, 0.3) is 0 Å². The van der Waals surface area contributed by atoms with Gasteiger partial charge in [-0.25, -0.2) is 0 Å². The summed E-state index contributed by atoms with van der Waals surface area (Å²) in [4.78, 5) is 13.7. The molecule has 0 spiro atoms. The van der Waals surface area contributed by atoms with Crippen LogP contribution in [0.5, 0.6) is 0 Å². The van der Waals surface area contributed by atoms with Gasteiger partial charge in [-0.2, -0.15) is 0 Å². The monoisotopic (exact) mass is 302 g/mol. The summed E-state index contributed by atoms with van der Waals surface area (Å²) in [6.07, 6.45) is 0. The maximum Gasteiger partial charge on any atom is 0.221 e. The molecule has 2 aromatic rings. The minimum absolute atomic E-state index is 0.0437. The molecule has 0 aliphatic rings. The van der Waals surface area contributed by atoms with Crippen LogP contribution in [0.3, 0.4) is 0 Å². The molecule has 1 heterocycles. The highest BCUT2D eigenvalue weighted by atomic mass is 32.1. The van der Waals surface area contributed by atoms with Gasteiger partial charge >= 0.3 is 0 Å². The van der Waals surface area contributed by atoms with Crippen molar-refractivity contribution in [1.29, 1.82) is 0 Å². The Bertz CT molecular complexity index is 616. The van der Waals surface area contributed by atoms with E-state index in [0.29, 0.717) is 6.04 Å². The molecule has 1 aromatic heterocycles. The average molecular weight is 302 g/mol. The van der Waals surface area contributed by atoms with Crippen LogP contribution in [-0.4, -0.2) is 5.91 Å². The normalized spacial score (nSPS) is 12.2. The number of hydrogen-bond donors (Lipinski definition) is 2. The highest BCUT2D eigenvalue weighted by molar-refractivity contribution is 7.12. The van der Waals surface area contributed by atoms with E-state index in [1.807, 2.05) is 35.6 Å². The summed E-state index contributed by atoms with van der Waals surface area (Å²) in [5.41, 5.74) is 3.43. The van der Waals surface area contributed by atoms with E-state index in [0.717, 1.165) is 12.2 Å². The van der Waals surface area contributed by atoms with E-state index in [9.17, 15) is 4.79 Å². The van der Waals surface area contributed by atoms with Crippen LogP contribution in [-0.2, 0) is 11.3 Å². The molecule has 1 atom stereocenters. The first-order chi connectivity index (χ1) is 9.95. The van der Waals surface area contributed by atoms with Gasteiger partial charge < -0.3 is 10.6 Å². The molecule has 2 rings (SSSR count). The number of benzene rings is 1. The summed E-state index contributed by atoms with van der Waals surface area (Å²) in [5.74, 6) is -0.0437. The minimum Gasteiger partial charge on any atom is -0.326 e. The maximum atomic E-state index is 11.0. The van der Waals surface area contributed by atoms with Gasteiger partial charge in [-0.15, -0.1) is 11.3 Å². The van der Waals surface area contributed by atoms with Crippen molar-refractivity contribution in [1.82, 2.24) is 5.32 Å². The van der Waals surface area contributed by atoms with Gasteiger partial charge in [0.05, 0.1) is 0 Å². The van der Waals surface area contributed by atoms with Crippen LogP contribution in [0.15, 0.2) is 30.3 Å². The van der Waals surface area contributed by atoms with Crippen LogP contribution in [0, 0.1) is 13.8 Å². The fourth-order valence-corrected chi connectivity index (χ4v) is 3.39. The molecular weight excluding hydrogens is 280 g/mol. The molecule has 0 unspecified atom stereocenters. The van der Waals surface area contributed by atoms with Gasteiger partial charge in [0.2, 0.25) is 5.91 Å². The fraction of sp³-hybridized carbons (Fsp3) is 0.353. The highest BCUT2D eigenvalue weighted by Crippen LogP contribution is 2.26. The van der Waals surface area contributed by atoms with E-state index in [1.165, 1.54) is 27.8 Å². The second-order valence-electron chi connectivity index (χ2n) is 5.35. The van der Waals surface area contributed by atoms with Gasteiger partial charge in [-0.3, -0.25) is 4.79 Å². The summed E-state index contributed by atoms with van der Waals surface area (Å²) >= 11 is 1.85. The molecule has 4 heteroatoms. The first-order valence-electron chi connectivity index (χ1n) is 7.12. The van der Waals surface area contributed by atoms with Crippen molar-refractivity contribution in [2.45, 2.75) is 40.3 Å². The predicted octanol–water partition coefficient (Wildman–Crippen LogP) is 4.17. The van der Waals surface area contributed by atoms with Crippen molar-refractivity contribution in [2.24, 2.45) is 0 Å². The van der Waals surface area contributed by atoms with E-state index in [4.69, 9.17) is 0 Å². The fourth-order valence-electron chi connectivity index (χ4n) is 2.37. The zero-order valence-electron chi connectivity index (χ0n) is 13.0. The van der Waals surface area contributed by atoms with Crippen molar-refractivity contribution < 1.29 is 4.79 Å². The third-order valence-electron chi connectivity index (χ3n) is 3.43. The topological polar surface area (TPSA) is 41.1 Å². The van der Waals surface area contributed by atoms with Crippen LogP contribution in [0.4, 0.5) is 5.69 Å². The predicted molar refractivity (Wildman–Crippen MR) is 89.8 cm³/mol. The van der Waals surface area contributed by atoms with Crippen LogP contribution < -0.4 is 10.6 Å². The highest BCUT2D eigenvalue weighted by Gasteiger charge is 2.10. The average Bonchev–Trinajstić information content (AvgIpc) is 2.76. The van der Waals surface area contributed by atoms with Crippen LogP contribution in [0.25, 0.3) is 0 Å². The molecule has 0 fully saturated rings. The van der Waals surface area contributed by atoms with E-state index in [1.54, 1.807) is 0 Å². The lowest BCUT2D eigenvalue weighted by atomic mass is 10.1. The number of hydrogen-bond acceptors (Lipinski definition) is 3. The van der Waals surface area contributed by atoms with Crippen LogP contribution in [0.1, 0.15) is 40.8 Å². The molecule has 0 aliphatic heterocycles. The molecule has 3 nitrogen and oxygen atoms in total. The number of carbonyl (C=O) groups excluding carboxylic acids is 1. The second-order valence-corrected chi connectivity index (χ2v) is 6.81.